The zero-order valence-electron chi connectivity index (χ0n) is 16.3. The molecule has 0 spiro atoms. The van der Waals surface area contributed by atoms with E-state index in [1.54, 1.807) is 30.8 Å². The van der Waals surface area contributed by atoms with Gasteiger partial charge in [0.05, 0.1) is 29.0 Å². The summed E-state index contributed by atoms with van der Waals surface area (Å²) in [6, 6.07) is 0. The maximum absolute atomic E-state index is 9.02. The molecule has 1 aromatic heterocycles. The molecule has 26 heavy (non-hydrogen) atoms. The van der Waals surface area contributed by atoms with Crippen LogP contribution in [0.2, 0.25) is 0 Å². The number of nitrogens with two attached hydrogens (primary N) is 1. The monoisotopic (exact) mass is 369 g/mol. The Morgan fingerprint density at radius 1 is 1.23 bits per heavy atom. The van der Waals surface area contributed by atoms with E-state index in [9.17, 15) is 0 Å². The molecule has 0 saturated heterocycles. The normalized spacial score (nSPS) is 15.3. The van der Waals surface area contributed by atoms with Gasteiger partial charge in [-0.3, -0.25) is 4.84 Å². The molecule has 0 aliphatic heterocycles. The van der Waals surface area contributed by atoms with Crippen LogP contribution < -0.4 is 16.5 Å². The second kappa shape index (κ2) is 8.97. The SMILES string of the molecule is C/C(=N\O)C(C)(C)NCC(Cn1ccnc1N)ONC(C)(C)/C(C)=N/O. The first-order valence-electron chi connectivity index (χ1n) is 8.36. The van der Waals surface area contributed by atoms with Crippen molar-refractivity contribution in [2.24, 2.45) is 10.3 Å². The van der Waals surface area contributed by atoms with Crippen molar-refractivity contribution < 1.29 is 15.3 Å². The highest BCUT2D eigenvalue weighted by Gasteiger charge is 2.27. The van der Waals surface area contributed by atoms with Gasteiger partial charge in [0.1, 0.15) is 6.10 Å². The first-order chi connectivity index (χ1) is 12.0. The Kier molecular flexibility index (Phi) is 7.54. The lowest BCUT2D eigenvalue weighted by Crippen LogP contribution is -2.53. The second-order valence-corrected chi connectivity index (χ2v) is 7.28. The molecule has 1 rings (SSSR count). The molecular weight excluding hydrogens is 338 g/mol. The van der Waals surface area contributed by atoms with Gasteiger partial charge < -0.3 is 26.0 Å². The fourth-order valence-corrected chi connectivity index (χ4v) is 1.91. The largest absolute Gasteiger partial charge is 0.411 e. The van der Waals surface area contributed by atoms with Crippen molar-refractivity contribution in [3.63, 3.8) is 0 Å². The molecule has 1 aromatic rings. The summed E-state index contributed by atoms with van der Waals surface area (Å²) in [4.78, 5) is 9.87. The average Bonchev–Trinajstić information content (AvgIpc) is 3.00. The number of nitrogens with zero attached hydrogens (tertiary/aromatic N) is 4. The third-order valence-electron chi connectivity index (χ3n) is 4.51. The average molecular weight is 369 g/mol. The molecule has 0 aliphatic rings. The molecular formula is C16H31N7O3. The summed E-state index contributed by atoms with van der Waals surface area (Å²) in [5.74, 6) is 0.387. The van der Waals surface area contributed by atoms with Crippen molar-refractivity contribution in [1.82, 2.24) is 20.3 Å². The summed E-state index contributed by atoms with van der Waals surface area (Å²) < 4.78 is 1.77. The molecule has 0 amide bonds. The van der Waals surface area contributed by atoms with Crippen molar-refractivity contribution in [2.45, 2.75) is 65.3 Å². The van der Waals surface area contributed by atoms with E-state index < -0.39 is 11.1 Å². The van der Waals surface area contributed by atoms with Gasteiger partial charge in [-0.25, -0.2) is 4.98 Å². The maximum Gasteiger partial charge on any atom is 0.200 e. The van der Waals surface area contributed by atoms with Crippen molar-refractivity contribution >= 4 is 17.4 Å². The highest BCUT2D eigenvalue weighted by Crippen LogP contribution is 2.10. The molecule has 1 heterocycles. The fraction of sp³-hybridized carbons (Fsp3) is 0.688. The number of nitrogen functional groups attached to an aromatic ring is 1. The predicted molar refractivity (Wildman–Crippen MR) is 101 cm³/mol. The lowest BCUT2D eigenvalue weighted by Gasteiger charge is -2.31. The Morgan fingerprint density at radius 2 is 1.81 bits per heavy atom. The second-order valence-electron chi connectivity index (χ2n) is 7.28. The number of hydrogen-bond donors (Lipinski definition) is 5. The van der Waals surface area contributed by atoms with E-state index in [1.165, 1.54) is 0 Å². The van der Waals surface area contributed by atoms with Crippen molar-refractivity contribution in [2.75, 3.05) is 12.3 Å². The van der Waals surface area contributed by atoms with Crippen LogP contribution in [0, 0.1) is 0 Å². The molecule has 10 nitrogen and oxygen atoms in total. The number of imidazole rings is 1. The summed E-state index contributed by atoms with van der Waals surface area (Å²) in [5, 5.41) is 27.8. The standard InChI is InChI=1S/C16H31N7O3/c1-11(20-24)15(3,4)19-9-13(10-23-8-7-18-14(23)17)26-22-16(5,6)12(2)21-25/h7-8,13,19,22,24-25H,9-10H2,1-6H3,(H2,17,18)/b20-11+,21-12+. The molecule has 148 valence electrons. The molecule has 1 atom stereocenters. The van der Waals surface area contributed by atoms with Crippen LogP contribution in [0.4, 0.5) is 5.95 Å². The van der Waals surface area contributed by atoms with Gasteiger partial charge in [-0.2, -0.15) is 5.48 Å². The molecule has 0 aliphatic carbocycles. The zero-order valence-corrected chi connectivity index (χ0v) is 16.3. The minimum absolute atomic E-state index is 0.331. The lowest BCUT2D eigenvalue weighted by atomic mass is 9.99. The number of aromatic nitrogens is 2. The summed E-state index contributed by atoms with van der Waals surface area (Å²) >= 11 is 0. The van der Waals surface area contributed by atoms with Crippen LogP contribution in [0.5, 0.6) is 0 Å². The zero-order chi connectivity index (χ0) is 20.0. The third-order valence-corrected chi connectivity index (χ3v) is 4.51. The van der Waals surface area contributed by atoms with Crippen LogP contribution in [0.25, 0.3) is 0 Å². The number of anilines is 1. The maximum atomic E-state index is 9.02. The number of hydrogen-bond acceptors (Lipinski definition) is 9. The fourth-order valence-electron chi connectivity index (χ4n) is 1.91. The first-order valence-corrected chi connectivity index (χ1v) is 8.36. The Hall–Kier alpha value is -2.17. The van der Waals surface area contributed by atoms with Crippen LogP contribution in [0.1, 0.15) is 41.5 Å². The molecule has 0 fully saturated rings. The minimum atomic E-state index is -0.661. The summed E-state index contributed by atoms with van der Waals surface area (Å²) in [6.45, 7) is 11.8. The number of rotatable bonds is 10. The van der Waals surface area contributed by atoms with E-state index in [0.717, 1.165) is 0 Å². The van der Waals surface area contributed by atoms with E-state index in [4.69, 9.17) is 21.0 Å². The van der Waals surface area contributed by atoms with Crippen molar-refractivity contribution in [1.29, 1.82) is 0 Å². The molecule has 0 bridgehead atoms. The molecule has 10 heteroatoms. The van der Waals surface area contributed by atoms with E-state index in [2.05, 4.69) is 26.1 Å². The Bertz CT molecular complexity index is 604. The highest BCUT2D eigenvalue weighted by atomic mass is 16.7. The van der Waals surface area contributed by atoms with Crippen molar-refractivity contribution in [3.05, 3.63) is 12.4 Å². The molecule has 0 radical (unpaired) electrons. The van der Waals surface area contributed by atoms with Crippen LogP contribution in [-0.2, 0) is 11.4 Å². The summed E-state index contributed by atoms with van der Waals surface area (Å²) in [6.07, 6.45) is 3.05. The number of nitrogens with one attached hydrogen (secondary N) is 2. The van der Waals surface area contributed by atoms with Crippen LogP contribution in [-0.4, -0.2) is 55.1 Å². The van der Waals surface area contributed by atoms with Gasteiger partial charge in [-0.15, -0.1) is 0 Å². The van der Waals surface area contributed by atoms with Crippen molar-refractivity contribution in [3.8, 4) is 0 Å². The van der Waals surface area contributed by atoms with Crippen LogP contribution >= 0.6 is 0 Å². The number of oxime groups is 2. The Labute approximate surface area is 154 Å². The van der Waals surface area contributed by atoms with Crippen LogP contribution in [0.3, 0.4) is 0 Å². The molecule has 1 unspecified atom stereocenters. The van der Waals surface area contributed by atoms with Gasteiger partial charge in [0.15, 0.2) is 5.95 Å². The lowest BCUT2D eigenvalue weighted by molar-refractivity contribution is -0.0572. The van der Waals surface area contributed by atoms with E-state index in [-0.39, 0.29) is 6.10 Å². The third kappa shape index (κ3) is 5.97. The van der Waals surface area contributed by atoms with Crippen LogP contribution in [0.15, 0.2) is 22.7 Å². The Balaban J connectivity index is 2.84. The van der Waals surface area contributed by atoms with Gasteiger partial charge >= 0.3 is 0 Å². The highest BCUT2D eigenvalue weighted by molar-refractivity contribution is 5.90. The van der Waals surface area contributed by atoms with Gasteiger partial charge in [-0.1, -0.05) is 10.3 Å². The smallest absolute Gasteiger partial charge is 0.200 e. The predicted octanol–water partition coefficient (Wildman–Crippen LogP) is 1.20. The van der Waals surface area contributed by atoms with Gasteiger partial charge in [0.25, 0.3) is 0 Å². The van der Waals surface area contributed by atoms with Gasteiger partial charge in [0.2, 0.25) is 0 Å². The van der Waals surface area contributed by atoms with Gasteiger partial charge in [0, 0.05) is 18.9 Å². The van der Waals surface area contributed by atoms with E-state index in [1.807, 2.05) is 27.7 Å². The quantitative estimate of drug-likeness (QED) is 0.237. The first kappa shape index (κ1) is 21.9. The van der Waals surface area contributed by atoms with Gasteiger partial charge in [-0.05, 0) is 41.5 Å². The molecule has 0 aromatic carbocycles. The molecule has 0 saturated carbocycles. The summed E-state index contributed by atoms with van der Waals surface area (Å²) in [7, 11) is 0. The summed E-state index contributed by atoms with van der Waals surface area (Å²) in [5.41, 5.74) is 8.63. The topological polar surface area (TPSA) is 142 Å². The Morgan fingerprint density at radius 3 is 2.31 bits per heavy atom. The molecule has 6 N–H and O–H groups in total. The van der Waals surface area contributed by atoms with E-state index >= 15 is 0 Å². The minimum Gasteiger partial charge on any atom is -0.411 e. The van der Waals surface area contributed by atoms with E-state index in [0.29, 0.717) is 30.5 Å². The number of hydroxylamine groups is 1.